The minimum absolute atomic E-state index is 0.246. The Morgan fingerprint density at radius 2 is 1.85 bits per heavy atom. The van der Waals surface area contributed by atoms with E-state index in [0.717, 1.165) is 31.2 Å². The van der Waals surface area contributed by atoms with Crippen LogP contribution in [0.3, 0.4) is 0 Å². The van der Waals surface area contributed by atoms with Crippen molar-refractivity contribution in [3.63, 3.8) is 0 Å². The molecular weight excluding hydrogens is 272 g/mol. The summed E-state index contributed by atoms with van der Waals surface area (Å²) in [5, 5.41) is 0.771. The summed E-state index contributed by atoms with van der Waals surface area (Å²) in [5.41, 5.74) is 0.920. The van der Waals surface area contributed by atoms with Gasteiger partial charge in [0.05, 0.1) is 6.54 Å². The number of ketones is 1. The zero-order chi connectivity index (χ0) is 14.8. The molecule has 0 unspecified atom stereocenters. The van der Waals surface area contributed by atoms with Crippen molar-refractivity contribution in [1.82, 2.24) is 4.90 Å². The van der Waals surface area contributed by atoms with E-state index in [2.05, 4.69) is 15.9 Å². The van der Waals surface area contributed by atoms with E-state index in [1.54, 1.807) is 0 Å². The molecule has 1 aromatic rings. The van der Waals surface area contributed by atoms with Crippen LogP contribution in [0.15, 0.2) is 24.3 Å². The van der Waals surface area contributed by atoms with Crippen molar-refractivity contribution >= 4 is 23.1 Å². The third-order valence-electron chi connectivity index (χ3n) is 3.75. The van der Waals surface area contributed by atoms with Crippen LogP contribution in [0, 0.1) is 5.41 Å². The molecule has 0 N–H and O–H groups in total. The Morgan fingerprint density at radius 1 is 1.20 bits per heavy atom. The topological polar surface area (TPSA) is 23.6 Å². The molecule has 0 atom stereocenters. The van der Waals surface area contributed by atoms with Gasteiger partial charge in [-0.25, -0.2) is 0 Å². The highest BCUT2D eigenvalue weighted by molar-refractivity contribution is 6.30. The Balaban J connectivity index is 1.88. The zero-order valence-corrected chi connectivity index (χ0v) is 13.3. The van der Waals surface area contributed by atoms with Gasteiger partial charge in [-0.15, -0.1) is 0 Å². The zero-order valence-electron chi connectivity index (χ0n) is 12.5. The molecule has 1 aliphatic heterocycles. The highest BCUT2D eigenvalue weighted by Crippen LogP contribution is 2.21. The Bertz CT molecular complexity index is 474. The maximum Gasteiger partial charge on any atom is 0.152 e. The van der Waals surface area contributed by atoms with Gasteiger partial charge in [0, 0.05) is 42.3 Å². The standard InChI is InChI=1S/C16H23ClN2O/c1-16(2,3)15(20)12-18-7-9-19(10-8-18)14-6-4-5-13(17)11-14/h4-6,11H,7-10,12H2,1-3H3. The lowest BCUT2D eigenvalue weighted by Gasteiger charge is -2.36. The minimum Gasteiger partial charge on any atom is -0.369 e. The molecule has 2 rings (SSSR count). The average molecular weight is 295 g/mol. The third-order valence-corrected chi connectivity index (χ3v) is 3.98. The van der Waals surface area contributed by atoms with Crippen molar-refractivity contribution in [1.29, 1.82) is 0 Å². The maximum atomic E-state index is 12.1. The minimum atomic E-state index is -0.246. The Labute approximate surface area is 126 Å². The fourth-order valence-electron chi connectivity index (χ4n) is 2.28. The molecule has 1 aromatic carbocycles. The molecule has 0 saturated carbocycles. The molecule has 1 saturated heterocycles. The Kier molecular flexibility index (Phi) is 4.71. The van der Waals surface area contributed by atoms with Crippen LogP contribution in [0.5, 0.6) is 0 Å². The number of hydrogen-bond donors (Lipinski definition) is 0. The lowest BCUT2D eigenvalue weighted by atomic mass is 9.90. The van der Waals surface area contributed by atoms with E-state index in [-0.39, 0.29) is 5.41 Å². The second kappa shape index (κ2) is 6.15. The molecular formula is C16H23ClN2O. The van der Waals surface area contributed by atoms with Crippen LogP contribution >= 0.6 is 11.6 Å². The fraction of sp³-hybridized carbons (Fsp3) is 0.562. The van der Waals surface area contributed by atoms with E-state index < -0.39 is 0 Å². The average Bonchev–Trinajstić information content (AvgIpc) is 2.38. The van der Waals surface area contributed by atoms with E-state index in [1.807, 2.05) is 39.0 Å². The third kappa shape index (κ3) is 3.97. The van der Waals surface area contributed by atoms with Crippen LogP contribution < -0.4 is 4.90 Å². The number of Topliss-reactive ketones (excluding diaryl/α,β-unsaturated/α-hetero) is 1. The molecule has 0 bridgehead atoms. The normalized spacial score (nSPS) is 17.3. The van der Waals surface area contributed by atoms with Gasteiger partial charge in [-0.3, -0.25) is 9.69 Å². The molecule has 0 aromatic heterocycles. The van der Waals surface area contributed by atoms with Crippen molar-refractivity contribution in [2.75, 3.05) is 37.6 Å². The first-order valence-corrected chi connectivity index (χ1v) is 7.50. The van der Waals surface area contributed by atoms with E-state index in [1.165, 1.54) is 5.69 Å². The van der Waals surface area contributed by atoms with Gasteiger partial charge in [-0.05, 0) is 18.2 Å². The van der Waals surface area contributed by atoms with Crippen LogP contribution in [0.25, 0.3) is 0 Å². The molecule has 0 radical (unpaired) electrons. The van der Waals surface area contributed by atoms with Crippen LogP contribution in [-0.4, -0.2) is 43.4 Å². The fourth-order valence-corrected chi connectivity index (χ4v) is 2.46. The summed E-state index contributed by atoms with van der Waals surface area (Å²) >= 11 is 6.03. The van der Waals surface area contributed by atoms with Crippen molar-refractivity contribution in [3.05, 3.63) is 29.3 Å². The van der Waals surface area contributed by atoms with Gasteiger partial charge in [0.1, 0.15) is 0 Å². The smallest absolute Gasteiger partial charge is 0.152 e. The SMILES string of the molecule is CC(C)(C)C(=O)CN1CCN(c2cccc(Cl)c2)CC1. The predicted molar refractivity (Wildman–Crippen MR) is 84.6 cm³/mol. The Hall–Kier alpha value is -1.06. The van der Waals surface area contributed by atoms with Crippen molar-refractivity contribution in [3.8, 4) is 0 Å². The van der Waals surface area contributed by atoms with E-state index >= 15 is 0 Å². The van der Waals surface area contributed by atoms with E-state index in [0.29, 0.717) is 12.3 Å². The molecule has 1 heterocycles. The summed E-state index contributed by atoms with van der Waals surface area (Å²) in [6, 6.07) is 7.95. The van der Waals surface area contributed by atoms with E-state index in [9.17, 15) is 4.79 Å². The summed E-state index contributed by atoms with van der Waals surface area (Å²) in [6.07, 6.45) is 0. The number of piperazine rings is 1. The van der Waals surface area contributed by atoms with E-state index in [4.69, 9.17) is 11.6 Å². The summed E-state index contributed by atoms with van der Waals surface area (Å²) in [6.45, 7) is 10.2. The second-order valence-electron chi connectivity index (χ2n) is 6.42. The predicted octanol–water partition coefficient (Wildman–Crippen LogP) is 3.08. The number of benzene rings is 1. The largest absolute Gasteiger partial charge is 0.369 e. The van der Waals surface area contributed by atoms with Crippen LogP contribution in [0.4, 0.5) is 5.69 Å². The maximum absolute atomic E-state index is 12.1. The van der Waals surface area contributed by atoms with Gasteiger partial charge in [0.2, 0.25) is 0 Å². The number of anilines is 1. The van der Waals surface area contributed by atoms with Crippen LogP contribution in [-0.2, 0) is 4.79 Å². The highest BCUT2D eigenvalue weighted by atomic mass is 35.5. The van der Waals surface area contributed by atoms with Gasteiger partial charge in [-0.2, -0.15) is 0 Å². The molecule has 1 fully saturated rings. The van der Waals surface area contributed by atoms with Gasteiger partial charge in [0.25, 0.3) is 0 Å². The van der Waals surface area contributed by atoms with Gasteiger partial charge in [0.15, 0.2) is 5.78 Å². The van der Waals surface area contributed by atoms with Crippen LogP contribution in [0.2, 0.25) is 5.02 Å². The number of rotatable bonds is 3. The summed E-state index contributed by atoms with van der Waals surface area (Å²) in [7, 11) is 0. The molecule has 1 aliphatic rings. The Morgan fingerprint density at radius 3 is 2.40 bits per heavy atom. The number of hydrogen-bond acceptors (Lipinski definition) is 3. The quantitative estimate of drug-likeness (QED) is 0.856. The molecule has 20 heavy (non-hydrogen) atoms. The molecule has 0 aliphatic carbocycles. The van der Waals surface area contributed by atoms with Crippen molar-refractivity contribution in [2.24, 2.45) is 5.41 Å². The van der Waals surface area contributed by atoms with Crippen LogP contribution in [0.1, 0.15) is 20.8 Å². The lowest BCUT2D eigenvalue weighted by Crippen LogP contribution is -2.49. The highest BCUT2D eigenvalue weighted by Gasteiger charge is 2.25. The van der Waals surface area contributed by atoms with Gasteiger partial charge in [-0.1, -0.05) is 38.4 Å². The first kappa shape index (κ1) is 15.3. The molecule has 3 nitrogen and oxygen atoms in total. The van der Waals surface area contributed by atoms with Crippen molar-refractivity contribution < 1.29 is 4.79 Å². The summed E-state index contributed by atoms with van der Waals surface area (Å²) in [4.78, 5) is 16.6. The monoisotopic (exact) mass is 294 g/mol. The van der Waals surface area contributed by atoms with Crippen molar-refractivity contribution in [2.45, 2.75) is 20.8 Å². The lowest BCUT2D eigenvalue weighted by molar-refractivity contribution is -0.127. The summed E-state index contributed by atoms with van der Waals surface area (Å²) in [5.74, 6) is 0.314. The first-order chi connectivity index (χ1) is 9.36. The van der Waals surface area contributed by atoms with Gasteiger partial charge < -0.3 is 4.90 Å². The number of carbonyl (C=O) groups is 1. The number of halogens is 1. The number of nitrogens with zero attached hydrogens (tertiary/aromatic N) is 2. The second-order valence-corrected chi connectivity index (χ2v) is 6.85. The molecule has 0 amide bonds. The number of carbonyl (C=O) groups excluding carboxylic acids is 1. The summed E-state index contributed by atoms with van der Waals surface area (Å²) < 4.78 is 0. The molecule has 0 spiro atoms. The molecule has 4 heteroatoms. The molecule has 110 valence electrons. The van der Waals surface area contributed by atoms with Gasteiger partial charge >= 0.3 is 0 Å². The first-order valence-electron chi connectivity index (χ1n) is 7.12.